The van der Waals surface area contributed by atoms with Gasteiger partial charge in [0.2, 0.25) is 5.91 Å². The first-order valence-corrected chi connectivity index (χ1v) is 8.93. The molecule has 1 amide bonds. The molecule has 0 spiro atoms. The first-order valence-electron chi connectivity index (χ1n) is 8.93. The van der Waals surface area contributed by atoms with Crippen LogP contribution in [-0.2, 0) is 11.3 Å². The van der Waals surface area contributed by atoms with Crippen molar-refractivity contribution < 1.29 is 13.6 Å². The number of furan rings is 1. The summed E-state index contributed by atoms with van der Waals surface area (Å²) in [5.74, 6) is 2.56. The van der Waals surface area contributed by atoms with E-state index in [1.54, 1.807) is 29.2 Å². The quantitative estimate of drug-likeness (QED) is 0.712. The second-order valence-corrected chi connectivity index (χ2v) is 7.18. The Morgan fingerprint density at radius 3 is 2.72 bits per heavy atom. The van der Waals surface area contributed by atoms with Gasteiger partial charge in [0, 0.05) is 30.1 Å². The third-order valence-corrected chi connectivity index (χ3v) is 5.08. The molecule has 0 radical (unpaired) electrons. The van der Waals surface area contributed by atoms with Crippen molar-refractivity contribution >= 4 is 12.0 Å². The molecule has 1 aromatic heterocycles. The molecule has 25 heavy (non-hydrogen) atoms. The minimum Gasteiger partial charge on any atom is -0.461 e. The highest BCUT2D eigenvalue weighted by atomic mass is 19.1. The van der Waals surface area contributed by atoms with Crippen molar-refractivity contribution in [2.24, 2.45) is 5.92 Å². The van der Waals surface area contributed by atoms with Crippen LogP contribution in [0.15, 0.2) is 46.9 Å². The molecule has 2 saturated carbocycles. The van der Waals surface area contributed by atoms with E-state index in [4.69, 9.17) is 4.42 Å². The number of rotatable bonds is 6. The molecule has 0 aliphatic heterocycles. The van der Waals surface area contributed by atoms with E-state index < -0.39 is 0 Å². The Kier molecular flexibility index (Phi) is 4.20. The molecule has 1 heterocycles. The van der Waals surface area contributed by atoms with Crippen LogP contribution in [0.2, 0.25) is 0 Å². The van der Waals surface area contributed by atoms with Gasteiger partial charge >= 0.3 is 0 Å². The van der Waals surface area contributed by atoms with Gasteiger partial charge in [-0.05, 0) is 49.5 Å². The Bertz CT molecular complexity index is 806. The molecule has 130 valence electrons. The van der Waals surface area contributed by atoms with Crippen LogP contribution >= 0.6 is 0 Å². The molecule has 2 aromatic rings. The number of amides is 1. The highest BCUT2D eigenvalue weighted by Crippen LogP contribution is 2.47. The average molecular weight is 339 g/mol. The van der Waals surface area contributed by atoms with Gasteiger partial charge in [-0.3, -0.25) is 4.79 Å². The van der Waals surface area contributed by atoms with Crippen molar-refractivity contribution in [3.05, 3.63) is 65.4 Å². The van der Waals surface area contributed by atoms with E-state index in [2.05, 4.69) is 6.92 Å². The van der Waals surface area contributed by atoms with Gasteiger partial charge in [-0.15, -0.1) is 0 Å². The minimum absolute atomic E-state index is 0.0940. The summed E-state index contributed by atoms with van der Waals surface area (Å²) in [6, 6.07) is 10.8. The summed E-state index contributed by atoms with van der Waals surface area (Å²) < 4.78 is 19.7. The number of nitrogens with zero attached hydrogens (tertiary/aromatic N) is 1. The zero-order valence-corrected chi connectivity index (χ0v) is 14.3. The van der Waals surface area contributed by atoms with E-state index in [9.17, 15) is 9.18 Å². The van der Waals surface area contributed by atoms with Gasteiger partial charge in [0.1, 0.15) is 17.3 Å². The van der Waals surface area contributed by atoms with Crippen molar-refractivity contribution in [1.29, 1.82) is 0 Å². The molecular formula is C21H22FNO2. The van der Waals surface area contributed by atoms with Crippen LogP contribution in [0.5, 0.6) is 0 Å². The monoisotopic (exact) mass is 339 g/mol. The van der Waals surface area contributed by atoms with Crippen molar-refractivity contribution in [1.82, 2.24) is 4.90 Å². The SMILES string of the molecule is CC1CC1c1ccc(/C=C/C(=O)N(Cc2ccccc2F)C2CC2)o1. The number of carbonyl (C=O) groups excluding carboxylic acids is 1. The molecule has 0 N–H and O–H groups in total. The van der Waals surface area contributed by atoms with E-state index in [0.717, 1.165) is 18.6 Å². The number of carbonyl (C=O) groups is 1. The normalized spacial score (nSPS) is 22.3. The zero-order chi connectivity index (χ0) is 17.4. The number of benzene rings is 1. The minimum atomic E-state index is -0.265. The second-order valence-electron chi connectivity index (χ2n) is 7.18. The van der Waals surface area contributed by atoms with Gasteiger partial charge in [-0.1, -0.05) is 25.1 Å². The fraction of sp³-hybridized carbons (Fsp3) is 0.381. The Morgan fingerprint density at radius 2 is 2.04 bits per heavy atom. The molecule has 4 heteroatoms. The number of halogens is 1. The van der Waals surface area contributed by atoms with E-state index >= 15 is 0 Å². The van der Waals surface area contributed by atoms with Crippen molar-refractivity contribution in [3.63, 3.8) is 0 Å². The molecule has 2 unspecified atom stereocenters. The molecular weight excluding hydrogens is 317 g/mol. The topological polar surface area (TPSA) is 33.5 Å². The lowest BCUT2D eigenvalue weighted by Crippen LogP contribution is -2.31. The fourth-order valence-electron chi connectivity index (χ4n) is 3.21. The fourth-order valence-corrected chi connectivity index (χ4v) is 3.21. The predicted octanol–water partition coefficient (Wildman–Crippen LogP) is 4.75. The summed E-state index contributed by atoms with van der Waals surface area (Å²) in [5.41, 5.74) is 0.555. The second kappa shape index (κ2) is 6.51. The highest BCUT2D eigenvalue weighted by Gasteiger charge is 2.36. The van der Waals surface area contributed by atoms with E-state index in [1.807, 2.05) is 12.1 Å². The maximum absolute atomic E-state index is 13.9. The largest absolute Gasteiger partial charge is 0.461 e. The molecule has 4 rings (SSSR count). The molecule has 3 nitrogen and oxygen atoms in total. The Hall–Kier alpha value is -2.36. The lowest BCUT2D eigenvalue weighted by Gasteiger charge is -2.21. The van der Waals surface area contributed by atoms with Gasteiger partial charge in [-0.25, -0.2) is 4.39 Å². The maximum Gasteiger partial charge on any atom is 0.247 e. The van der Waals surface area contributed by atoms with Crippen molar-refractivity contribution in [3.8, 4) is 0 Å². The van der Waals surface area contributed by atoms with Crippen molar-refractivity contribution in [2.45, 2.75) is 44.7 Å². The van der Waals surface area contributed by atoms with Crippen LogP contribution in [0.3, 0.4) is 0 Å². The van der Waals surface area contributed by atoms with Crippen LogP contribution in [-0.4, -0.2) is 16.8 Å². The third kappa shape index (κ3) is 3.68. The summed E-state index contributed by atoms with van der Waals surface area (Å²) >= 11 is 0. The Labute approximate surface area is 147 Å². The maximum atomic E-state index is 13.9. The highest BCUT2D eigenvalue weighted by molar-refractivity contribution is 5.91. The molecule has 2 atom stereocenters. The standard InChI is InChI=1S/C21H22FNO2/c1-14-12-18(14)20-10-8-17(25-20)9-11-21(24)23(16-6-7-16)13-15-4-2-3-5-19(15)22/h2-5,8-11,14,16,18H,6-7,12-13H2,1H3/b11-9+. The number of hydrogen-bond acceptors (Lipinski definition) is 2. The summed E-state index contributed by atoms with van der Waals surface area (Å²) in [7, 11) is 0. The number of hydrogen-bond donors (Lipinski definition) is 0. The van der Waals surface area contributed by atoms with Crippen LogP contribution in [0, 0.1) is 11.7 Å². The van der Waals surface area contributed by atoms with Crippen LogP contribution < -0.4 is 0 Å². The molecule has 2 aliphatic rings. The van der Waals surface area contributed by atoms with Gasteiger partial charge in [0.05, 0.1) is 0 Å². The third-order valence-electron chi connectivity index (χ3n) is 5.08. The summed E-state index contributed by atoms with van der Waals surface area (Å²) in [6.07, 6.45) is 6.40. The van der Waals surface area contributed by atoms with Gasteiger partial charge in [0.15, 0.2) is 0 Å². The summed E-state index contributed by atoms with van der Waals surface area (Å²) in [6.45, 7) is 2.52. The first kappa shape index (κ1) is 16.1. The predicted molar refractivity (Wildman–Crippen MR) is 94.2 cm³/mol. The van der Waals surface area contributed by atoms with E-state index in [1.165, 1.54) is 18.6 Å². The molecule has 0 bridgehead atoms. The van der Waals surface area contributed by atoms with Gasteiger partial charge in [0.25, 0.3) is 0 Å². The lowest BCUT2D eigenvalue weighted by molar-refractivity contribution is -0.127. The molecule has 1 aromatic carbocycles. The molecule has 2 fully saturated rings. The summed E-state index contributed by atoms with van der Waals surface area (Å²) in [5, 5.41) is 0. The Balaban J connectivity index is 1.44. The van der Waals surface area contributed by atoms with Crippen molar-refractivity contribution in [2.75, 3.05) is 0 Å². The molecule has 2 aliphatic carbocycles. The van der Waals surface area contributed by atoms with E-state index in [-0.39, 0.29) is 17.8 Å². The first-order chi connectivity index (χ1) is 12.1. The zero-order valence-electron chi connectivity index (χ0n) is 14.3. The molecule has 0 saturated heterocycles. The average Bonchev–Trinajstić information content (AvgIpc) is 3.52. The smallest absolute Gasteiger partial charge is 0.247 e. The van der Waals surface area contributed by atoms with Gasteiger partial charge in [-0.2, -0.15) is 0 Å². The van der Waals surface area contributed by atoms with E-state index in [0.29, 0.717) is 29.7 Å². The van der Waals surface area contributed by atoms with Crippen LogP contribution in [0.25, 0.3) is 6.08 Å². The van der Waals surface area contributed by atoms with Gasteiger partial charge < -0.3 is 9.32 Å². The summed E-state index contributed by atoms with van der Waals surface area (Å²) in [4.78, 5) is 14.3. The van der Waals surface area contributed by atoms with Crippen LogP contribution in [0.4, 0.5) is 4.39 Å². The Morgan fingerprint density at radius 1 is 1.28 bits per heavy atom. The van der Waals surface area contributed by atoms with Crippen LogP contribution in [0.1, 0.15) is 49.2 Å². The lowest BCUT2D eigenvalue weighted by atomic mass is 10.2.